The van der Waals surface area contributed by atoms with Gasteiger partial charge in [-0.3, -0.25) is 4.90 Å². The summed E-state index contributed by atoms with van der Waals surface area (Å²) in [6.07, 6.45) is 4.82. The molecule has 4 heterocycles. The normalized spacial score (nSPS) is 25.8. The number of halogens is 1. The minimum absolute atomic E-state index is 0. The Morgan fingerprint density at radius 2 is 2.24 bits per heavy atom. The van der Waals surface area contributed by atoms with Crippen LogP contribution in [0, 0.1) is 12.3 Å². The van der Waals surface area contributed by atoms with Crippen molar-refractivity contribution in [3.8, 4) is 0 Å². The fourth-order valence-corrected chi connectivity index (χ4v) is 3.87. The van der Waals surface area contributed by atoms with E-state index in [1.807, 2.05) is 0 Å². The maximum absolute atomic E-state index is 4.67. The first-order valence-corrected chi connectivity index (χ1v) is 7.61. The predicted molar refractivity (Wildman–Crippen MR) is 87.0 cm³/mol. The molecule has 0 saturated carbocycles. The zero-order valence-electron chi connectivity index (χ0n) is 12.5. The lowest BCUT2D eigenvalue weighted by Gasteiger charge is -2.22. The molecule has 2 aliphatic rings. The van der Waals surface area contributed by atoms with Gasteiger partial charge in [0.15, 0.2) is 0 Å². The molecule has 1 unspecified atom stereocenters. The van der Waals surface area contributed by atoms with E-state index in [-0.39, 0.29) is 12.4 Å². The van der Waals surface area contributed by atoms with Crippen molar-refractivity contribution in [3.63, 3.8) is 0 Å². The number of likely N-dealkylation sites (tertiary alicyclic amines) is 1. The second-order valence-corrected chi connectivity index (χ2v) is 6.46. The summed E-state index contributed by atoms with van der Waals surface area (Å²) < 4.78 is 2.24. The minimum Gasteiger partial charge on any atom is -0.316 e. The van der Waals surface area contributed by atoms with Gasteiger partial charge in [0.1, 0.15) is 5.65 Å². The average molecular weight is 307 g/mol. The molecule has 2 aliphatic heterocycles. The highest BCUT2D eigenvalue weighted by Gasteiger charge is 2.40. The van der Waals surface area contributed by atoms with Gasteiger partial charge < -0.3 is 9.72 Å². The molecule has 0 aromatic carbocycles. The van der Waals surface area contributed by atoms with Crippen LogP contribution in [0.4, 0.5) is 0 Å². The largest absolute Gasteiger partial charge is 0.316 e. The zero-order chi connectivity index (χ0) is 13.6. The number of hydrogen-bond acceptors (Lipinski definition) is 3. The smallest absolute Gasteiger partial charge is 0.137 e. The fourth-order valence-electron chi connectivity index (χ4n) is 3.87. The number of aryl methyl sites for hydroxylation is 1. The summed E-state index contributed by atoms with van der Waals surface area (Å²) in [5, 5.41) is 3.53. The first-order chi connectivity index (χ1) is 9.76. The summed E-state index contributed by atoms with van der Waals surface area (Å²) in [5.74, 6) is 0. The van der Waals surface area contributed by atoms with Crippen molar-refractivity contribution >= 4 is 18.1 Å². The molecule has 4 rings (SSSR count). The third kappa shape index (κ3) is 2.56. The van der Waals surface area contributed by atoms with Gasteiger partial charge in [0.05, 0.1) is 11.4 Å². The molecule has 1 atom stereocenters. The number of aromatic nitrogens is 2. The Bertz CT molecular complexity index is 630. The second-order valence-electron chi connectivity index (χ2n) is 6.46. The van der Waals surface area contributed by atoms with Crippen molar-refractivity contribution in [3.05, 3.63) is 35.8 Å². The Labute approximate surface area is 132 Å². The predicted octanol–water partition coefficient (Wildman–Crippen LogP) is 2.25. The Hall–Kier alpha value is -1.10. The number of pyridine rings is 1. The van der Waals surface area contributed by atoms with Crippen molar-refractivity contribution in [1.29, 1.82) is 0 Å². The monoisotopic (exact) mass is 306 g/mol. The quantitative estimate of drug-likeness (QED) is 0.924. The Kier molecular flexibility index (Phi) is 3.95. The molecule has 0 aliphatic carbocycles. The van der Waals surface area contributed by atoms with Gasteiger partial charge in [0.25, 0.3) is 0 Å². The molecule has 21 heavy (non-hydrogen) atoms. The van der Waals surface area contributed by atoms with E-state index in [1.165, 1.54) is 50.4 Å². The number of fused-ring (bicyclic) bond motifs is 1. The van der Waals surface area contributed by atoms with E-state index in [9.17, 15) is 0 Å². The van der Waals surface area contributed by atoms with Gasteiger partial charge in [0, 0.05) is 25.8 Å². The van der Waals surface area contributed by atoms with E-state index in [0.717, 1.165) is 12.2 Å². The summed E-state index contributed by atoms with van der Waals surface area (Å²) in [6.45, 7) is 8.02. The maximum atomic E-state index is 4.67. The molecular weight excluding hydrogens is 284 g/mol. The van der Waals surface area contributed by atoms with Gasteiger partial charge in [0.2, 0.25) is 0 Å². The molecule has 5 heteroatoms. The molecular formula is C16H23ClN4. The van der Waals surface area contributed by atoms with Crippen LogP contribution < -0.4 is 5.32 Å². The highest BCUT2D eigenvalue weighted by molar-refractivity contribution is 5.85. The van der Waals surface area contributed by atoms with Crippen LogP contribution in [-0.4, -0.2) is 40.5 Å². The molecule has 2 aromatic heterocycles. The number of imidazole rings is 1. The summed E-state index contributed by atoms with van der Waals surface area (Å²) in [7, 11) is 0. The summed E-state index contributed by atoms with van der Waals surface area (Å²) in [5.41, 5.74) is 4.13. The topological polar surface area (TPSA) is 32.6 Å². The Morgan fingerprint density at radius 1 is 1.33 bits per heavy atom. The van der Waals surface area contributed by atoms with Crippen LogP contribution in [0.2, 0.25) is 0 Å². The van der Waals surface area contributed by atoms with Gasteiger partial charge in [-0.2, -0.15) is 0 Å². The van der Waals surface area contributed by atoms with Crippen LogP contribution >= 0.6 is 12.4 Å². The first-order valence-electron chi connectivity index (χ1n) is 7.61. The second kappa shape index (κ2) is 5.59. The van der Waals surface area contributed by atoms with Crippen LogP contribution in [0.25, 0.3) is 5.65 Å². The highest BCUT2D eigenvalue weighted by atomic mass is 35.5. The number of nitrogens with zero attached hydrogens (tertiary/aromatic N) is 3. The van der Waals surface area contributed by atoms with E-state index >= 15 is 0 Å². The zero-order valence-corrected chi connectivity index (χ0v) is 13.3. The van der Waals surface area contributed by atoms with Gasteiger partial charge in [-0.05, 0) is 50.4 Å². The molecule has 114 valence electrons. The summed E-state index contributed by atoms with van der Waals surface area (Å²) in [6, 6.07) is 6.23. The molecule has 1 N–H and O–H groups in total. The standard InChI is InChI=1S/C16H22N4.ClH/c1-13-14(20-8-3-2-4-15(20)18-13)10-19-9-6-16(12-19)5-7-17-11-16;/h2-4,8,17H,5-7,9-12H2,1H3;1H. The average Bonchev–Trinajstić information content (AvgIpc) is 3.14. The van der Waals surface area contributed by atoms with Crippen molar-refractivity contribution in [2.24, 2.45) is 5.41 Å². The lowest BCUT2D eigenvalue weighted by atomic mass is 9.87. The SMILES string of the molecule is Cc1nc2ccccn2c1CN1CCC2(CCNC2)C1.Cl. The number of nitrogens with one attached hydrogen (secondary N) is 1. The van der Waals surface area contributed by atoms with Crippen molar-refractivity contribution in [2.45, 2.75) is 26.3 Å². The van der Waals surface area contributed by atoms with Crippen LogP contribution in [0.1, 0.15) is 24.2 Å². The van der Waals surface area contributed by atoms with Crippen LogP contribution in [0.3, 0.4) is 0 Å². The van der Waals surface area contributed by atoms with Gasteiger partial charge in [-0.1, -0.05) is 6.07 Å². The van der Waals surface area contributed by atoms with E-state index in [4.69, 9.17) is 0 Å². The Morgan fingerprint density at radius 3 is 3.05 bits per heavy atom. The molecule has 0 amide bonds. The maximum Gasteiger partial charge on any atom is 0.137 e. The third-order valence-corrected chi connectivity index (χ3v) is 5.05. The lowest BCUT2D eigenvalue weighted by molar-refractivity contribution is 0.265. The van der Waals surface area contributed by atoms with Crippen molar-refractivity contribution < 1.29 is 0 Å². The van der Waals surface area contributed by atoms with Crippen LogP contribution in [-0.2, 0) is 6.54 Å². The third-order valence-electron chi connectivity index (χ3n) is 5.05. The molecule has 1 spiro atoms. The number of hydrogen-bond donors (Lipinski definition) is 1. The molecule has 2 fully saturated rings. The first kappa shape index (κ1) is 14.8. The minimum atomic E-state index is 0. The highest BCUT2D eigenvalue weighted by Crippen LogP contribution is 2.36. The lowest BCUT2D eigenvalue weighted by Crippen LogP contribution is -2.29. The van der Waals surface area contributed by atoms with Crippen molar-refractivity contribution in [2.75, 3.05) is 26.2 Å². The van der Waals surface area contributed by atoms with E-state index in [0.29, 0.717) is 5.41 Å². The van der Waals surface area contributed by atoms with E-state index in [1.54, 1.807) is 0 Å². The molecule has 0 bridgehead atoms. The molecule has 0 radical (unpaired) electrons. The van der Waals surface area contributed by atoms with Crippen molar-refractivity contribution in [1.82, 2.24) is 19.6 Å². The van der Waals surface area contributed by atoms with E-state index in [2.05, 4.69) is 50.9 Å². The Balaban J connectivity index is 0.00000132. The molecule has 2 saturated heterocycles. The van der Waals surface area contributed by atoms with E-state index < -0.39 is 0 Å². The van der Waals surface area contributed by atoms with Gasteiger partial charge >= 0.3 is 0 Å². The van der Waals surface area contributed by atoms with Crippen LogP contribution in [0.15, 0.2) is 24.4 Å². The molecule has 2 aromatic rings. The number of rotatable bonds is 2. The van der Waals surface area contributed by atoms with Gasteiger partial charge in [-0.25, -0.2) is 4.98 Å². The van der Waals surface area contributed by atoms with Gasteiger partial charge in [-0.15, -0.1) is 12.4 Å². The van der Waals surface area contributed by atoms with Crippen LogP contribution in [0.5, 0.6) is 0 Å². The summed E-state index contributed by atoms with van der Waals surface area (Å²) >= 11 is 0. The summed E-state index contributed by atoms with van der Waals surface area (Å²) in [4.78, 5) is 7.28. The fraction of sp³-hybridized carbons (Fsp3) is 0.562. The molecule has 4 nitrogen and oxygen atoms in total.